The van der Waals surface area contributed by atoms with Crippen molar-refractivity contribution in [3.05, 3.63) is 28.2 Å². The van der Waals surface area contributed by atoms with Gasteiger partial charge in [-0.2, -0.15) is 0 Å². The molecular formula is C14H19BrN2S. The van der Waals surface area contributed by atoms with Gasteiger partial charge in [-0.3, -0.25) is 4.99 Å². The zero-order valence-corrected chi connectivity index (χ0v) is 13.4. The van der Waals surface area contributed by atoms with Crippen molar-refractivity contribution >= 4 is 38.5 Å². The molecule has 18 heavy (non-hydrogen) atoms. The molecule has 2 rings (SSSR count). The van der Waals surface area contributed by atoms with Crippen LogP contribution in [-0.2, 0) is 0 Å². The van der Waals surface area contributed by atoms with Crippen LogP contribution in [0.2, 0.25) is 0 Å². The largest absolute Gasteiger partial charge is 0.335 e. The standard InChI is InChI=1S/C14H19BrN2S/c1-9(2)13-4-5-18-14(17-13)16-12-7-10(3)6-11(15)8-12/h6-9,13H,4-5H2,1-3H3,(H,16,17). The van der Waals surface area contributed by atoms with E-state index in [4.69, 9.17) is 4.99 Å². The number of hydrogen-bond donors (Lipinski definition) is 1. The third-order valence-corrected chi connectivity index (χ3v) is 4.38. The van der Waals surface area contributed by atoms with Crippen LogP contribution in [-0.4, -0.2) is 17.0 Å². The maximum Gasteiger partial charge on any atom is 0.161 e. The summed E-state index contributed by atoms with van der Waals surface area (Å²) in [7, 11) is 0. The fraction of sp³-hybridized carbons (Fsp3) is 0.500. The first-order valence-electron chi connectivity index (χ1n) is 6.29. The van der Waals surface area contributed by atoms with Crippen LogP contribution >= 0.6 is 27.7 Å². The molecule has 0 radical (unpaired) electrons. The van der Waals surface area contributed by atoms with E-state index in [1.54, 1.807) is 0 Å². The van der Waals surface area contributed by atoms with Gasteiger partial charge in [0.1, 0.15) is 0 Å². The number of aryl methyl sites for hydroxylation is 1. The zero-order chi connectivity index (χ0) is 13.1. The first-order chi connectivity index (χ1) is 8.54. The molecule has 0 saturated heterocycles. The van der Waals surface area contributed by atoms with Gasteiger partial charge in [0.25, 0.3) is 0 Å². The lowest BCUT2D eigenvalue weighted by Crippen LogP contribution is -2.23. The van der Waals surface area contributed by atoms with E-state index >= 15 is 0 Å². The van der Waals surface area contributed by atoms with Crippen molar-refractivity contribution in [2.24, 2.45) is 10.9 Å². The molecule has 1 aliphatic heterocycles. The third kappa shape index (κ3) is 3.75. The minimum atomic E-state index is 0.460. The Hall–Kier alpha value is -0.480. The zero-order valence-electron chi connectivity index (χ0n) is 11.0. The first-order valence-corrected chi connectivity index (χ1v) is 8.07. The summed E-state index contributed by atoms with van der Waals surface area (Å²) < 4.78 is 1.10. The normalized spacial score (nSPS) is 19.8. The molecule has 1 aliphatic rings. The molecular weight excluding hydrogens is 308 g/mol. The lowest BCUT2D eigenvalue weighted by atomic mass is 10.0. The maximum absolute atomic E-state index is 4.79. The molecule has 2 nitrogen and oxygen atoms in total. The summed E-state index contributed by atoms with van der Waals surface area (Å²) >= 11 is 5.34. The average molecular weight is 327 g/mol. The fourth-order valence-corrected chi connectivity index (χ4v) is 3.57. The minimum Gasteiger partial charge on any atom is -0.335 e. The van der Waals surface area contributed by atoms with Crippen molar-refractivity contribution in [1.29, 1.82) is 0 Å². The molecule has 1 atom stereocenters. The molecule has 1 aromatic rings. The molecule has 98 valence electrons. The molecule has 0 fully saturated rings. The highest BCUT2D eigenvalue weighted by molar-refractivity contribution is 9.10. The van der Waals surface area contributed by atoms with Crippen molar-refractivity contribution in [3.63, 3.8) is 0 Å². The Balaban J connectivity index is 2.13. The van der Waals surface area contributed by atoms with Gasteiger partial charge in [-0.1, -0.05) is 41.5 Å². The van der Waals surface area contributed by atoms with Gasteiger partial charge in [0, 0.05) is 15.9 Å². The molecule has 1 unspecified atom stereocenters. The van der Waals surface area contributed by atoms with E-state index in [0.717, 1.165) is 21.1 Å². The minimum absolute atomic E-state index is 0.460. The highest BCUT2D eigenvalue weighted by Gasteiger charge is 2.18. The van der Waals surface area contributed by atoms with E-state index in [0.29, 0.717) is 12.0 Å². The van der Waals surface area contributed by atoms with Gasteiger partial charge in [-0.05, 0) is 43.0 Å². The van der Waals surface area contributed by atoms with Crippen LogP contribution in [0.15, 0.2) is 27.7 Å². The van der Waals surface area contributed by atoms with Crippen LogP contribution in [0.5, 0.6) is 0 Å². The number of nitrogens with zero attached hydrogens (tertiary/aromatic N) is 1. The number of amidine groups is 1. The van der Waals surface area contributed by atoms with Gasteiger partial charge in [0.05, 0.1) is 6.04 Å². The summed E-state index contributed by atoms with van der Waals surface area (Å²) in [5, 5.41) is 4.48. The van der Waals surface area contributed by atoms with Gasteiger partial charge in [-0.25, -0.2) is 0 Å². The number of anilines is 1. The van der Waals surface area contributed by atoms with Crippen molar-refractivity contribution in [3.8, 4) is 0 Å². The number of nitrogens with one attached hydrogen (secondary N) is 1. The second-order valence-corrected chi connectivity index (χ2v) is 7.02. The Morgan fingerprint density at radius 1 is 1.39 bits per heavy atom. The summed E-state index contributed by atoms with van der Waals surface area (Å²) in [6.07, 6.45) is 1.19. The van der Waals surface area contributed by atoms with Crippen molar-refractivity contribution in [2.75, 3.05) is 11.1 Å². The van der Waals surface area contributed by atoms with Crippen LogP contribution < -0.4 is 5.32 Å². The van der Waals surface area contributed by atoms with E-state index in [2.05, 4.69) is 60.2 Å². The molecule has 0 bridgehead atoms. The Morgan fingerprint density at radius 2 is 2.17 bits per heavy atom. The summed E-state index contributed by atoms with van der Waals surface area (Å²) in [5.74, 6) is 1.77. The predicted molar refractivity (Wildman–Crippen MR) is 85.6 cm³/mol. The molecule has 1 aromatic carbocycles. The molecule has 1 heterocycles. The summed E-state index contributed by atoms with van der Waals surface area (Å²) in [4.78, 5) is 4.79. The maximum atomic E-state index is 4.79. The number of thioether (sulfide) groups is 1. The smallest absolute Gasteiger partial charge is 0.161 e. The van der Waals surface area contributed by atoms with E-state index in [9.17, 15) is 0 Å². The number of benzene rings is 1. The van der Waals surface area contributed by atoms with E-state index in [-0.39, 0.29) is 0 Å². The lowest BCUT2D eigenvalue weighted by molar-refractivity contribution is 0.485. The van der Waals surface area contributed by atoms with Crippen LogP contribution in [0, 0.1) is 12.8 Å². The average Bonchev–Trinajstić information content (AvgIpc) is 2.27. The molecule has 1 N–H and O–H groups in total. The van der Waals surface area contributed by atoms with Crippen LogP contribution in [0.25, 0.3) is 0 Å². The Kier molecular flexibility index (Phi) is 4.73. The van der Waals surface area contributed by atoms with Gasteiger partial charge in [0.15, 0.2) is 5.17 Å². The van der Waals surface area contributed by atoms with Gasteiger partial charge in [0.2, 0.25) is 0 Å². The highest BCUT2D eigenvalue weighted by Crippen LogP contribution is 2.25. The van der Waals surface area contributed by atoms with Crippen LogP contribution in [0.4, 0.5) is 5.69 Å². The second-order valence-electron chi connectivity index (χ2n) is 5.03. The number of aliphatic imine (C=N–C) groups is 1. The summed E-state index contributed by atoms with van der Waals surface area (Å²) in [6.45, 7) is 6.58. The summed E-state index contributed by atoms with van der Waals surface area (Å²) in [5.41, 5.74) is 2.35. The van der Waals surface area contributed by atoms with Crippen molar-refractivity contribution < 1.29 is 0 Å². The molecule has 0 spiro atoms. The number of rotatable bonds is 2. The third-order valence-electron chi connectivity index (χ3n) is 3.00. The Morgan fingerprint density at radius 3 is 2.83 bits per heavy atom. The SMILES string of the molecule is Cc1cc(Br)cc(NC2=NC(C(C)C)CCS2)c1. The number of hydrogen-bond acceptors (Lipinski definition) is 3. The lowest BCUT2D eigenvalue weighted by Gasteiger charge is -2.23. The molecule has 0 aromatic heterocycles. The van der Waals surface area contributed by atoms with Gasteiger partial charge in [-0.15, -0.1) is 0 Å². The van der Waals surface area contributed by atoms with Crippen LogP contribution in [0.3, 0.4) is 0 Å². The van der Waals surface area contributed by atoms with Crippen LogP contribution in [0.1, 0.15) is 25.8 Å². The Bertz CT molecular complexity index is 437. The van der Waals surface area contributed by atoms with E-state index in [1.165, 1.54) is 12.0 Å². The number of halogens is 1. The monoisotopic (exact) mass is 326 g/mol. The van der Waals surface area contributed by atoms with E-state index in [1.807, 2.05) is 11.8 Å². The molecule has 0 saturated carbocycles. The van der Waals surface area contributed by atoms with Gasteiger partial charge < -0.3 is 5.32 Å². The molecule has 4 heteroatoms. The quantitative estimate of drug-likeness (QED) is 0.852. The van der Waals surface area contributed by atoms with Gasteiger partial charge >= 0.3 is 0 Å². The first kappa shape index (κ1) is 13.9. The van der Waals surface area contributed by atoms with Crippen molar-refractivity contribution in [1.82, 2.24) is 0 Å². The highest BCUT2D eigenvalue weighted by atomic mass is 79.9. The fourth-order valence-electron chi connectivity index (χ4n) is 2.01. The second kappa shape index (κ2) is 6.11. The summed E-state index contributed by atoms with van der Waals surface area (Å²) in [6, 6.07) is 6.81. The Labute approximate surface area is 122 Å². The predicted octanol–water partition coefficient (Wildman–Crippen LogP) is 4.69. The molecule has 0 amide bonds. The van der Waals surface area contributed by atoms with E-state index < -0.39 is 0 Å². The topological polar surface area (TPSA) is 24.4 Å². The van der Waals surface area contributed by atoms with Crippen molar-refractivity contribution in [2.45, 2.75) is 33.2 Å². The molecule has 0 aliphatic carbocycles.